The van der Waals surface area contributed by atoms with E-state index < -0.39 is 6.10 Å². The van der Waals surface area contributed by atoms with Crippen LogP contribution >= 0.6 is 23.2 Å². The molecule has 0 aliphatic carbocycles. The lowest BCUT2D eigenvalue weighted by Gasteiger charge is -2.34. The fraction of sp³-hybridized carbons (Fsp3) is 0.419. The van der Waals surface area contributed by atoms with Crippen LogP contribution < -0.4 is 9.64 Å². The van der Waals surface area contributed by atoms with Crippen LogP contribution in [0.1, 0.15) is 44.1 Å². The van der Waals surface area contributed by atoms with E-state index in [0.29, 0.717) is 27.9 Å². The minimum absolute atomic E-state index is 0.126. The average molecular weight is 626 g/mol. The van der Waals surface area contributed by atoms with E-state index >= 15 is 0 Å². The molecule has 1 aromatic carbocycles. The van der Waals surface area contributed by atoms with Gasteiger partial charge >= 0.3 is 5.97 Å². The van der Waals surface area contributed by atoms with Crippen molar-refractivity contribution >= 4 is 45.9 Å². The second-order valence-corrected chi connectivity index (χ2v) is 11.6. The van der Waals surface area contributed by atoms with Gasteiger partial charge in [-0.1, -0.05) is 23.2 Å². The van der Waals surface area contributed by atoms with Gasteiger partial charge in [0.1, 0.15) is 23.4 Å². The van der Waals surface area contributed by atoms with Gasteiger partial charge in [0.15, 0.2) is 6.23 Å². The van der Waals surface area contributed by atoms with E-state index in [1.54, 1.807) is 12.4 Å². The van der Waals surface area contributed by atoms with Gasteiger partial charge in [0.05, 0.1) is 29.2 Å². The molecule has 0 radical (unpaired) electrons. The number of piperazine rings is 1. The number of hydrogen-bond donors (Lipinski definition) is 0. The number of ether oxygens (including phenoxy) is 3. The maximum atomic E-state index is 11.6. The number of aromatic nitrogens is 4. The summed E-state index contributed by atoms with van der Waals surface area (Å²) in [4.78, 5) is 24.8. The molecule has 43 heavy (non-hydrogen) atoms. The van der Waals surface area contributed by atoms with Gasteiger partial charge in [0, 0.05) is 67.9 Å². The van der Waals surface area contributed by atoms with Gasteiger partial charge in [-0.15, -0.1) is 0 Å². The largest absolute Gasteiger partial charge is 0.486 e. The number of carbonyl (C=O) groups is 1. The van der Waals surface area contributed by atoms with Gasteiger partial charge in [-0.25, -0.2) is 9.67 Å². The summed E-state index contributed by atoms with van der Waals surface area (Å²) >= 11 is 12.8. The minimum Gasteiger partial charge on any atom is -0.486 e. The Kier molecular flexibility index (Phi) is 8.99. The molecule has 1 unspecified atom stereocenters. The number of pyridine rings is 2. The number of methoxy groups -OCH3 is 1. The summed E-state index contributed by atoms with van der Waals surface area (Å²) in [6, 6.07) is 10.1. The van der Waals surface area contributed by atoms with Crippen LogP contribution in [0.5, 0.6) is 5.75 Å². The van der Waals surface area contributed by atoms with E-state index in [0.717, 1.165) is 80.0 Å². The second-order valence-electron chi connectivity index (χ2n) is 10.8. The molecule has 4 aromatic rings. The number of halogens is 2. The van der Waals surface area contributed by atoms with Crippen molar-refractivity contribution in [3.8, 4) is 17.0 Å². The second kappa shape index (κ2) is 13.1. The first-order valence-electron chi connectivity index (χ1n) is 14.5. The standard InChI is InChI=1S/C31H34Cl2N6O4/c1-20(30-24(32)17-34-18-25(30)33)43-22-7-8-26-23(15-22)31(36-39(26)28-5-3-4-14-42-28)21-6-9-27(35-16-21)38-12-10-37(11-13-38)19-29(40)41-2/h6-9,15-18,20,28H,3-5,10-14,19H2,1-2H3/t20-,28?/m1/s1. The first kappa shape index (κ1) is 29.6. The summed E-state index contributed by atoms with van der Waals surface area (Å²) in [5, 5.41) is 6.92. The molecule has 2 aliphatic heterocycles. The maximum Gasteiger partial charge on any atom is 0.319 e. The van der Waals surface area contributed by atoms with Crippen LogP contribution in [0.3, 0.4) is 0 Å². The third-order valence-electron chi connectivity index (χ3n) is 8.01. The molecule has 0 spiro atoms. The molecule has 5 heterocycles. The highest BCUT2D eigenvalue weighted by Crippen LogP contribution is 2.37. The molecule has 226 valence electrons. The molecule has 0 amide bonds. The van der Waals surface area contributed by atoms with Crippen LogP contribution in [0.15, 0.2) is 48.9 Å². The molecular formula is C31H34Cl2N6O4. The summed E-state index contributed by atoms with van der Waals surface area (Å²) in [5.41, 5.74) is 3.37. The zero-order valence-electron chi connectivity index (χ0n) is 24.2. The van der Waals surface area contributed by atoms with Gasteiger partial charge < -0.3 is 19.1 Å². The molecule has 12 heteroatoms. The van der Waals surface area contributed by atoms with Crippen LogP contribution in [-0.4, -0.2) is 77.1 Å². The third-order valence-corrected chi connectivity index (χ3v) is 8.62. The summed E-state index contributed by atoms with van der Waals surface area (Å²) in [6.45, 7) is 6.04. The molecule has 0 bridgehead atoms. The topological polar surface area (TPSA) is 94.8 Å². The molecule has 2 atom stereocenters. The minimum atomic E-state index is -0.394. The Hall–Kier alpha value is -3.44. The maximum absolute atomic E-state index is 11.6. The van der Waals surface area contributed by atoms with Gasteiger partial charge in [0.25, 0.3) is 0 Å². The summed E-state index contributed by atoms with van der Waals surface area (Å²) in [5.74, 6) is 1.35. The number of carbonyl (C=O) groups excluding carboxylic acids is 1. The predicted octanol–water partition coefficient (Wildman–Crippen LogP) is 5.93. The zero-order chi connectivity index (χ0) is 29.9. The lowest BCUT2D eigenvalue weighted by Crippen LogP contribution is -2.48. The Morgan fingerprint density at radius 1 is 1.07 bits per heavy atom. The zero-order valence-corrected chi connectivity index (χ0v) is 25.7. The van der Waals surface area contributed by atoms with E-state index in [2.05, 4.69) is 20.9 Å². The van der Waals surface area contributed by atoms with Gasteiger partial charge in [-0.05, 0) is 56.5 Å². The van der Waals surface area contributed by atoms with Crippen molar-refractivity contribution in [1.29, 1.82) is 0 Å². The fourth-order valence-electron chi connectivity index (χ4n) is 5.71. The molecule has 0 N–H and O–H groups in total. The van der Waals surface area contributed by atoms with Crippen LogP contribution in [0.4, 0.5) is 5.82 Å². The van der Waals surface area contributed by atoms with Crippen LogP contribution in [-0.2, 0) is 14.3 Å². The highest BCUT2D eigenvalue weighted by Gasteiger charge is 2.24. The molecule has 2 saturated heterocycles. The van der Waals surface area contributed by atoms with Crippen molar-refractivity contribution in [2.24, 2.45) is 0 Å². The lowest BCUT2D eigenvalue weighted by atomic mass is 10.1. The first-order chi connectivity index (χ1) is 20.9. The highest BCUT2D eigenvalue weighted by molar-refractivity contribution is 6.35. The van der Waals surface area contributed by atoms with Gasteiger partial charge in [-0.2, -0.15) is 5.10 Å². The van der Waals surface area contributed by atoms with Crippen LogP contribution in [0.25, 0.3) is 22.2 Å². The average Bonchev–Trinajstić information content (AvgIpc) is 3.41. The predicted molar refractivity (Wildman–Crippen MR) is 166 cm³/mol. The Morgan fingerprint density at radius 3 is 2.53 bits per heavy atom. The van der Waals surface area contributed by atoms with E-state index in [-0.39, 0.29) is 12.2 Å². The van der Waals surface area contributed by atoms with Crippen molar-refractivity contribution in [1.82, 2.24) is 24.6 Å². The Bertz CT molecular complexity index is 1560. The number of fused-ring (bicyclic) bond motifs is 1. The smallest absolute Gasteiger partial charge is 0.319 e. The van der Waals surface area contributed by atoms with Crippen LogP contribution in [0.2, 0.25) is 10.0 Å². The summed E-state index contributed by atoms with van der Waals surface area (Å²) in [6.07, 6.45) is 7.54. The van der Waals surface area contributed by atoms with Crippen LogP contribution in [0, 0.1) is 0 Å². The Balaban J connectivity index is 1.28. The van der Waals surface area contributed by atoms with Crippen molar-refractivity contribution in [2.75, 3.05) is 51.3 Å². The quantitative estimate of drug-likeness (QED) is 0.221. The Labute approximate surface area is 260 Å². The van der Waals surface area contributed by atoms with Crippen molar-refractivity contribution in [3.05, 3.63) is 64.5 Å². The molecule has 2 fully saturated rings. The van der Waals surface area contributed by atoms with E-state index in [1.807, 2.05) is 42.1 Å². The number of anilines is 1. The molecule has 10 nitrogen and oxygen atoms in total. The Morgan fingerprint density at radius 2 is 1.86 bits per heavy atom. The summed E-state index contributed by atoms with van der Waals surface area (Å²) in [7, 11) is 1.42. The lowest BCUT2D eigenvalue weighted by molar-refractivity contribution is -0.142. The number of nitrogens with zero attached hydrogens (tertiary/aromatic N) is 6. The third kappa shape index (κ3) is 6.43. The SMILES string of the molecule is COC(=O)CN1CCN(c2ccc(-c3nn(C4CCCCO4)c4ccc(O[C@H](C)c5c(Cl)cncc5Cl)cc34)cn2)CC1. The normalized spacial score (nSPS) is 18.5. The van der Waals surface area contributed by atoms with Crippen molar-refractivity contribution < 1.29 is 19.0 Å². The molecule has 6 rings (SSSR count). The molecule has 2 aliphatic rings. The van der Waals surface area contributed by atoms with E-state index in [4.69, 9.17) is 47.5 Å². The molecular weight excluding hydrogens is 591 g/mol. The first-order valence-corrected chi connectivity index (χ1v) is 15.3. The fourth-order valence-corrected chi connectivity index (χ4v) is 6.38. The monoisotopic (exact) mass is 624 g/mol. The van der Waals surface area contributed by atoms with E-state index in [1.165, 1.54) is 7.11 Å². The number of hydrogen-bond acceptors (Lipinski definition) is 9. The molecule has 0 saturated carbocycles. The van der Waals surface area contributed by atoms with Crippen molar-refractivity contribution in [2.45, 2.75) is 38.5 Å². The number of benzene rings is 1. The van der Waals surface area contributed by atoms with Gasteiger partial charge in [0.2, 0.25) is 0 Å². The number of esters is 1. The molecule has 3 aromatic heterocycles. The highest BCUT2D eigenvalue weighted by atomic mass is 35.5. The van der Waals surface area contributed by atoms with Crippen molar-refractivity contribution in [3.63, 3.8) is 0 Å². The summed E-state index contributed by atoms with van der Waals surface area (Å²) < 4.78 is 19.2. The van der Waals surface area contributed by atoms with Gasteiger partial charge in [-0.3, -0.25) is 14.7 Å². The number of rotatable bonds is 8. The van der Waals surface area contributed by atoms with E-state index in [9.17, 15) is 4.79 Å².